The minimum absolute atomic E-state index is 0.0286. The highest BCUT2D eigenvalue weighted by atomic mass is 19.3. The van der Waals surface area contributed by atoms with Gasteiger partial charge in [-0.1, -0.05) is 26.0 Å². The van der Waals surface area contributed by atoms with Gasteiger partial charge in [-0.05, 0) is 25.0 Å². The van der Waals surface area contributed by atoms with Crippen molar-refractivity contribution < 1.29 is 23.1 Å². The third-order valence-corrected chi connectivity index (χ3v) is 4.55. The zero-order valence-corrected chi connectivity index (χ0v) is 16.0. The largest absolute Gasteiger partial charge is 0.434 e. The first kappa shape index (κ1) is 21.1. The number of alkyl halides is 2. The highest BCUT2D eigenvalue weighted by Crippen LogP contribution is 2.22. The number of rotatable bonds is 7. The highest BCUT2D eigenvalue weighted by molar-refractivity contribution is 5.97. The van der Waals surface area contributed by atoms with Crippen molar-refractivity contribution in [3.8, 4) is 5.75 Å². The molecule has 0 aromatic heterocycles. The molecule has 0 unspecified atom stereocenters. The van der Waals surface area contributed by atoms with E-state index in [1.807, 2.05) is 25.7 Å². The van der Waals surface area contributed by atoms with Gasteiger partial charge in [0, 0.05) is 32.7 Å². The summed E-state index contributed by atoms with van der Waals surface area (Å²) in [5, 5.41) is 2.92. The number of ether oxygens (including phenoxy) is 1. The number of hydrogen-bond donors (Lipinski definition) is 1. The number of para-hydroxylation sites is 1. The Morgan fingerprint density at radius 1 is 1.11 bits per heavy atom. The highest BCUT2D eigenvalue weighted by Gasteiger charge is 2.29. The number of halogens is 2. The van der Waals surface area contributed by atoms with Crippen LogP contribution in [-0.2, 0) is 4.79 Å². The zero-order chi connectivity index (χ0) is 20.0. The van der Waals surface area contributed by atoms with Crippen LogP contribution >= 0.6 is 0 Å². The Bertz CT molecular complexity index is 647. The normalized spacial score (nSPS) is 16.5. The summed E-state index contributed by atoms with van der Waals surface area (Å²) in [5.74, 6) is -0.116. The average molecular weight is 383 g/mol. The van der Waals surface area contributed by atoms with E-state index in [-0.39, 0.29) is 29.2 Å². The molecule has 2 amide bonds. The number of nitrogens with zero attached hydrogens (tertiary/aromatic N) is 2. The van der Waals surface area contributed by atoms with E-state index in [0.717, 1.165) is 0 Å². The molecule has 1 aromatic rings. The number of benzene rings is 1. The van der Waals surface area contributed by atoms with Gasteiger partial charge in [-0.3, -0.25) is 14.5 Å². The lowest BCUT2D eigenvalue weighted by Gasteiger charge is -2.37. The fourth-order valence-electron chi connectivity index (χ4n) is 2.94. The minimum Gasteiger partial charge on any atom is -0.434 e. The molecule has 0 saturated carbocycles. The molecule has 8 heteroatoms. The molecule has 1 fully saturated rings. The van der Waals surface area contributed by atoms with Gasteiger partial charge in [-0.15, -0.1) is 0 Å². The van der Waals surface area contributed by atoms with Crippen LogP contribution in [0.3, 0.4) is 0 Å². The van der Waals surface area contributed by atoms with E-state index in [9.17, 15) is 18.4 Å². The van der Waals surface area contributed by atoms with Gasteiger partial charge < -0.3 is 15.0 Å². The molecule has 1 N–H and O–H groups in total. The fourth-order valence-corrected chi connectivity index (χ4v) is 2.94. The second kappa shape index (κ2) is 9.64. The van der Waals surface area contributed by atoms with Gasteiger partial charge in [0.1, 0.15) is 5.75 Å². The van der Waals surface area contributed by atoms with Gasteiger partial charge in [0.05, 0.1) is 11.6 Å². The number of amides is 2. The number of carbonyl (C=O) groups is 2. The maximum Gasteiger partial charge on any atom is 0.387 e. The van der Waals surface area contributed by atoms with Crippen LogP contribution in [0.1, 0.15) is 31.1 Å². The molecular formula is C19H27F2N3O3. The third-order valence-electron chi connectivity index (χ3n) is 4.55. The van der Waals surface area contributed by atoms with Crippen LogP contribution in [0.25, 0.3) is 0 Å². The number of carbonyl (C=O) groups excluding carboxylic acids is 2. The molecule has 0 bridgehead atoms. The first-order valence-electron chi connectivity index (χ1n) is 9.14. The van der Waals surface area contributed by atoms with Crippen molar-refractivity contribution in [3.05, 3.63) is 29.8 Å². The number of nitrogens with one attached hydrogen (secondary N) is 1. The zero-order valence-electron chi connectivity index (χ0n) is 16.0. The van der Waals surface area contributed by atoms with Crippen molar-refractivity contribution in [1.82, 2.24) is 15.1 Å². The number of piperazine rings is 1. The summed E-state index contributed by atoms with van der Waals surface area (Å²) in [6, 6.07) is 5.72. The van der Waals surface area contributed by atoms with Crippen LogP contribution in [-0.4, -0.2) is 67.0 Å². The smallest absolute Gasteiger partial charge is 0.387 e. The average Bonchev–Trinajstić information content (AvgIpc) is 2.65. The second-order valence-corrected chi connectivity index (χ2v) is 7.02. The lowest BCUT2D eigenvalue weighted by molar-refractivity contribution is -0.126. The minimum atomic E-state index is -2.99. The quantitative estimate of drug-likeness (QED) is 0.784. The molecule has 0 aliphatic carbocycles. The predicted molar refractivity (Wildman–Crippen MR) is 97.9 cm³/mol. The summed E-state index contributed by atoms with van der Waals surface area (Å²) in [4.78, 5) is 28.5. The van der Waals surface area contributed by atoms with E-state index in [2.05, 4.69) is 10.1 Å². The first-order chi connectivity index (χ1) is 12.8. The van der Waals surface area contributed by atoms with Gasteiger partial charge in [-0.25, -0.2) is 0 Å². The van der Waals surface area contributed by atoms with Gasteiger partial charge >= 0.3 is 6.61 Å². The van der Waals surface area contributed by atoms with E-state index in [1.165, 1.54) is 12.1 Å². The van der Waals surface area contributed by atoms with Crippen LogP contribution in [0.5, 0.6) is 5.75 Å². The first-order valence-corrected chi connectivity index (χ1v) is 9.14. The van der Waals surface area contributed by atoms with Gasteiger partial charge in [0.2, 0.25) is 5.91 Å². The summed E-state index contributed by atoms with van der Waals surface area (Å²) >= 11 is 0. The Balaban J connectivity index is 1.94. The van der Waals surface area contributed by atoms with Crippen LogP contribution in [0.4, 0.5) is 8.78 Å². The third kappa shape index (κ3) is 5.89. The van der Waals surface area contributed by atoms with Crippen molar-refractivity contribution >= 4 is 11.8 Å². The Hall–Kier alpha value is -2.22. The number of hydrogen-bond acceptors (Lipinski definition) is 4. The molecule has 1 atom stereocenters. The Morgan fingerprint density at radius 3 is 2.33 bits per heavy atom. The Kier molecular flexibility index (Phi) is 7.53. The van der Waals surface area contributed by atoms with Crippen LogP contribution in [0.15, 0.2) is 24.3 Å². The van der Waals surface area contributed by atoms with Gasteiger partial charge in [-0.2, -0.15) is 8.78 Å². The molecule has 0 radical (unpaired) electrons. The fraction of sp³-hybridized carbons (Fsp3) is 0.579. The predicted octanol–water partition coefficient (Wildman–Crippen LogP) is 2.21. The van der Waals surface area contributed by atoms with Gasteiger partial charge in [0.15, 0.2) is 0 Å². The lowest BCUT2D eigenvalue weighted by atomic mass is 10.1. The molecule has 1 saturated heterocycles. The van der Waals surface area contributed by atoms with Crippen molar-refractivity contribution in [2.75, 3.05) is 32.7 Å². The molecule has 2 rings (SSSR count). The Morgan fingerprint density at radius 2 is 1.74 bits per heavy atom. The molecule has 150 valence electrons. The molecule has 1 aromatic carbocycles. The topological polar surface area (TPSA) is 61.9 Å². The summed E-state index contributed by atoms with van der Waals surface area (Å²) in [6.07, 6.45) is 0. The maximum absolute atomic E-state index is 12.7. The summed E-state index contributed by atoms with van der Waals surface area (Å²) < 4.78 is 29.5. The molecule has 1 aliphatic heterocycles. The molecule has 1 aliphatic rings. The van der Waals surface area contributed by atoms with Crippen molar-refractivity contribution in [1.29, 1.82) is 0 Å². The van der Waals surface area contributed by atoms with E-state index in [0.29, 0.717) is 38.6 Å². The van der Waals surface area contributed by atoms with Crippen molar-refractivity contribution in [2.45, 2.75) is 33.4 Å². The second-order valence-electron chi connectivity index (χ2n) is 7.02. The van der Waals surface area contributed by atoms with E-state index < -0.39 is 6.61 Å². The maximum atomic E-state index is 12.7. The van der Waals surface area contributed by atoms with Crippen LogP contribution < -0.4 is 10.1 Å². The molecule has 6 nitrogen and oxygen atoms in total. The van der Waals surface area contributed by atoms with Crippen molar-refractivity contribution in [2.24, 2.45) is 5.92 Å². The van der Waals surface area contributed by atoms with E-state index in [1.54, 1.807) is 17.0 Å². The van der Waals surface area contributed by atoms with E-state index in [4.69, 9.17) is 0 Å². The molecule has 27 heavy (non-hydrogen) atoms. The molecular weight excluding hydrogens is 356 g/mol. The lowest BCUT2D eigenvalue weighted by Crippen LogP contribution is -2.55. The molecule has 1 heterocycles. The summed E-state index contributed by atoms with van der Waals surface area (Å²) in [6.45, 7) is 5.48. The standard InChI is InChI=1S/C19H27F2N3O3/c1-13(2)12-22-17(25)14(3)23-8-10-24(11-9-23)18(26)15-6-4-5-7-16(15)27-19(20)21/h4-7,13-14,19H,8-12H2,1-3H3,(H,22,25)/t14-/m1/s1. The van der Waals surface area contributed by atoms with Crippen molar-refractivity contribution in [3.63, 3.8) is 0 Å². The molecule has 0 spiro atoms. The Labute approximate surface area is 158 Å². The van der Waals surface area contributed by atoms with Gasteiger partial charge in [0.25, 0.3) is 5.91 Å². The summed E-state index contributed by atoms with van der Waals surface area (Å²) in [7, 11) is 0. The SMILES string of the molecule is CC(C)CNC(=O)[C@@H](C)N1CCN(C(=O)c2ccccc2OC(F)F)CC1. The monoisotopic (exact) mass is 383 g/mol. The van der Waals surface area contributed by atoms with Crippen LogP contribution in [0.2, 0.25) is 0 Å². The summed E-state index contributed by atoms with van der Waals surface area (Å²) in [5.41, 5.74) is 0.119. The van der Waals surface area contributed by atoms with E-state index >= 15 is 0 Å². The van der Waals surface area contributed by atoms with Crippen LogP contribution in [0, 0.1) is 5.92 Å².